The topological polar surface area (TPSA) is 35.2 Å². The molecule has 2 nitrogen and oxygen atoms in total. The number of hydrogen-bond donors (Lipinski definition) is 1. The summed E-state index contributed by atoms with van der Waals surface area (Å²) in [6, 6.07) is 8.35. The van der Waals surface area contributed by atoms with Crippen molar-refractivity contribution in [2.45, 2.75) is 52.1 Å². The van der Waals surface area contributed by atoms with Gasteiger partial charge in [-0.15, -0.1) is 0 Å². The number of ether oxygens (including phenoxy) is 1. The predicted octanol–water partition coefficient (Wildman–Crippen LogP) is 3.49. The summed E-state index contributed by atoms with van der Waals surface area (Å²) in [5.41, 5.74) is 6.88. The second kappa shape index (κ2) is 5.09. The fourth-order valence-corrected chi connectivity index (χ4v) is 1.74. The van der Waals surface area contributed by atoms with Crippen molar-refractivity contribution in [3.05, 3.63) is 29.8 Å². The van der Waals surface area contributed by atoms with Gasteiger partial charge in [-0.05, 0) is 49.9 Å². The third kappa shape index (κ3) is 4.39. The van der Waals surface area contributed by atoms with Crippen molar-refractivity contribution in [3.8, 4) is 5.75 Å². The SMILES string of the molecule is CC(C)(CCN)Oc1ccc(C(C)(C)C)cc1. The molecule has 0 saturated carbocycles. The molecule has 0 heterocycles. The van der Waals surface area contributed by atoms with Crippen molar-refractivity contribution in [1.82, 2.24) is 0 Å². The quantitative estimate of drug-likeness (QED) is 0.867. The molecule has 0 bridgehead atoms. The van der Waals surface area contributed by atoms with Crippen LogP contribution in [0.3, 0.4) is 0 Å². The van der Waals surface area contributed by atoms with Gasteiger partial charge in [0, 0.05) is 0 Å². The van der Waals surface area contributed by atoms with Gasteiger partial charge in [0.15, 0.2) is 0 Å². The molecule has 0 spiro atoms. The van der Waals surface area contributed by atoms with Crippen LogP contribution in [0.25, 0.3) is 0 Å². The van der Waals surface area contributed by atoms with Gasteiger partial charge in [0.25, 0.3) is 0 Å². The number of benzene rings is 1. The molecular formula is C15H25NO. The fraction of sp³-hybridized carbons (Fsp3) is 0.600. The average Bonchev–Trinajstić information content (AvgIpc) is 2.16. The molecule has 1 aromatic carbocycles. The second-order valence-corrected chi connectivity index (χ2v) is 6.17. The predicted molar refractivity (Wildman–Crippen MR) is 73.5 cm³/mol. The summed E-state index contributed by atoms with van der Waals surface area (Å²) in [5, 5.41) is 0. The highest BCUT2D eigenvalue weighted by Crippen LogP contribution is 2.26. The molecule has 1 rings (SSSR count). The van der Waals surface area contributed by atoms with Gasteiger partial charge >= 0.3 is 0 Å². The van der Waals surface area contributed by atoms with E-state index in [1.165, 1.54) is 5.56 Å². The van der Waals surface area contributed by atoms with Crippen LogP contribution in [0.1, 0.15) is 46.6 Å². The van der Waals surface area contributed by atoms with Crippen molar-refractivity contribution in [2.75, 3.05) is 6.54 Å². The lowest BCUT2D eigenvalue weighted by atomic mass is 9.87. The molecule has 96 valence electrons. The Morgan fingerprint density at radius 3 is 1.94 bits per heavy atom. The molecule has 2 N–H and O–H groups in total. The Balaban J connectivity index is 2.75. The summed E-state index contributed by atoms with van der Waals surface area (Å²) in [6.45, 7) is 11.4. The highest BCUT2D eigenvalue weighted by molar-refractivity contribution is 5.31. The molecule has 0 amide bonds. The monoisotopic (exact) mass is 235 g/mol. The molecule has 2 heteroatoms. The molecule has 0 aromatic heterocycles. The molecule has 0 aliphatic heterocycles. The molecule has 0 saturated heterocycles. The Kier molecular flexibility index (Phi) is 4.21. The number of nitrogens with two attached hydrogens (primary N) is 1. The lowest BCUT2D eigenvalue weighted by Gasteiger charge is -2.26. The van der Waals surface area contributed by atoms with Gasteiger partial charge in [0.1, 0.15) is 11.4 Å². The largest absolute Gasteiger partial charge is 0.488 e. The zero-order valence-corrected chi connectivity index (χ0v) is 11.7. The first kappa shape index (κ1) is 14.0. The van der Waals surface area contributed by atoms with Crippen LogP contribution in [0.4, 0.5) is 0 Å². The van der Waals surface area contributed by atoms with Gasteiger partial charge in [-0.2, -0.15) is 0 Å². The van der Waals surface area contributed by atoms with Crippen LogP contribution in [0.2, 0.25) is 0 Å². The van der Waals surface area contributed by atoms with Crippen LogP contribution in [0.5, 0.6) is 5.75 Å². The summed E-state index contributed by atoms with van der Waals surface area (Å²) in [4.78, 5) is 0. The van der Waals surface area contributed by atoms with Crippen molar-refractivity contribution < 1.29 is 4.74 Å². The minimum atomic E-state index is -0.196. The van der Waals surface area contributed by atoms with Gasteiger partial charge in [-0.25, -0.2) is 0 Å². The lowest BCUT2D eigenvalue weighted by molar-refractivity contribution is 0.102. The van der Waals surface area contributed by atoms with Crippen molar-refractivity contribution in [3.63, 3.8) is 0 Å². The van der Waals surface area contributed by atoms with Crippen molar-refractivity contribution in [1.29, 1.82) is 0 Å². The Labute approximate surface area is 105 Å². The molecule has 17 heavy (non-hydrogen) atoms. The molecule has 0 unspecified atom stereocenters. The second-order valence-electron chi connectivity index (χ2n) is 6.17. The smallest absolute Gasteiger partial charge is 0.120 e. The third-order valence-electron chi connectivity index (χ3n) is 2.86. The van der Waals surface area contributed by atoms with Gasteiger partial charge in [0.05, 0.1) is 0 Å². The van der Waals surface area contributed by atoms with E-state index in [4.69, 9.17) is 10.5 Å². The minimum absolute atomic E-state index is 0.186. The zero-order chi connectivity index (χ0) is 13.1. The van der Waals surface area contributed by atoms with E-state index in [-0.39, 0.29) is 11.0 Å². The van der Waals surface area contributed by atoms with Gasteiger partial charge in [0.2, 0.25) is 0 Å². The fourth-order valence-electron chi connectivity index (χ4n) is 1.74. The Bertz CT molecular complexity index is 346. The van der Waals surface area contributed by atoms with Crippen LogP contribution in [-0.4, -0.2) is 12.1 Å². The zero-order valence-electron chi connectivity index (χ0n) is 11.7. The summed E-state index contributed by atoms with van der Waals surface area (Å²) in [6.07, 6.45) is 0.855. The van der Waals surface area contributed by atoms with E-state index in [1.54, 1.807) is 0 Å². The first-order chi connectivity index (χ1) is 7.74. The van der Waals surface area contributed by atoms with E-state index in [0.29, 0.717) is 6.54 Å². The van der Waals surface area contributed by atoms with Gasteiger partial charge in [-0.1, -0.05) is 32.9 Å². The summed E-state index contributed by atoms with van der Waals surface area (Å²) in [5.74, 6) is 0.913. The maximum Gasteiger partial charge on any atom is 0.120 e. The standard InChI is InChI=1S/C15H25NO/c1-14(2,3)12-6-8-13(9-7-12)17-15(4,5)10-11-16/h6-9H,10-11,16H2,1-5H3. The average molecular weight is 235 g/mol. The Morgan fingerprint density at radius 2 is 1.53 bits per heavy atom. The van der Waals surface area contributed by atoms with E-state index < -0.39 is 0 Å². The molecular weight excluding hydrogens is 210 g/mol. The van der Waals surface area contributed by atoms with Crippen molar-refractivity contribution >= 4 is 0 Å². The number of rotatable bonds is 4. The first-order valence-corrected chi connectivity index (χ1v) is 6.24. The van der Waals surface area contributed by atoms with E-state index >= 15 is 0 Å². The molecule has 0 atom stereocenters. The van der Waals surface area contributed by atoms with E-state index in [2.05, 4.69) is 46.8 Å². The maximum absolute atomic E-state index is 5.93. The van der Waals surface area contributed by atoms with Crippen LogP contribution in [0.15, 0.2) is 24.3 Å². The molecule has 0 aliphatic rings. The molecule has 0 fully saturated rings. The minimum Gasteiger partial charge on any atom is -0.488 e. The highest BCUT2D eigenvalue weighted by atomic mass is 16.5. The summed E-state index contributed by atoms with van der Waals surface area (Å²) >= 11 is 0. The highest BCUT2D eigenvalue weighted by Gasteiger charge is 2.19. The molecule has 1 aromatic rings. The summed E-state index contributed by atoms with van der Waals surface area (Å²) in [7, 11) is 0. The Morgan fingerprint density at radius 1 is 1.00 bits per heavy atom. The van der Waals surface area contributed by atoms with E-state index in [1.807, 2.05) is 12.1 Å². The summed E-state index contributed by atoms with van der Waals surface area (Å²) < 4.78 is 5.93. The van der Waals surface area contributed by atoms with Gasteiger partial charge in [-0.3, -0.25) is 0 Å². The maximum atomic E-state index is 5.93. The van der Waals surface area contributed by atoms with Crippen LogP contribution in [-0.2, 0) is 5.41 Å². The van der Waals surface area contributed by atoms with Crippen LogP contribution in [0, 0.1) is 0 Å². The number of hydrogen-bond acceptors (Lipinski definition) is 2. The van der Waals surface area contributed by atoms with E-state index in [0.717, 1.165) is 12.2 Å². The lowest BCUT2D eigenvalue weighted by Crippen LogP contribution is -2.31. The Hall–Kier alpha value is -1.02. The van der Waals surface area contributed by atoms with E-state index in [9.17, 15) is 0 Å². The van der Waals surface area contributed by atoms with Gasteiger partial charge < -0.3 is 10.5 Å². The van der Waals surface area contributed by atoms with Crippen LogP contribution < -0.4 is 10.5 Å². The third-order valence-corrected chi connectivity index (χ3v) is 2.86. The first-order valence-electron chi connectivity index (χ1n) is 6.24. The normalized spacial score (nSPS) is 12.6. The molecule has 0 aliphatic carbocycles. The van der Waals surface area contributed by atoms with Crippen molar-refractivity contribution in [2.24, 2.45) is 5.73 Å². The molecule has 0 radical (unpaired) electrons. The van der Waals surface area contributed by atoms with Crippen LogP contribution >= 0.6 is 0 Å².